The van der Waals surface area contributed by atoms with Crippen LogP contribution in [0.1, 0.15) is 30.1 Å². The summed E-state index contributed by atoms with van der Waals surface area (Å²) in [4.78, 5) is 50.4. The average Bonchev–Trinajstić information content (AvgIpc) is 2.72. The largest absolute Gasteiger partial charge is 0.425 e. The maximum atomic E-state index is 11.9. The predicted octanol–water partition coefficient (Wildman–Crippen LogP) is 1.60. The van der Waals surface area contributed by atoms with E-state index in [1.165, 1.54) is 25.1 Å². The van der Waals surface area contributed by atoms with Crippen molar-refractivity contribution in [1.82, 2.24) is 5.06 Å². The van der Waals surface area contributed by atoms with E-state index in [4.69, 9.17) is 9.57 Å². The predicted molar refractivity (Wildman–Crippen MR) is 72.0 cm³/mol. The highest BCUT2D eigenvalue weighted by molar-refractivity contribution is 9.10. The summed E-state index contributed by atoms with van der Waals surface area (Å²) in [5, 5.41) is 0.454. The number of imide groups is 1. The van der Waals surface area contributed by atoms with Crippen LogP contribution in [0.4, 0.5) is 0 Å². The molecule has 0 atom stereocenters. The number of hydrogen-bond acceptors (Lipinski definition) is 6. The van der Waals surface area contributed by atoms with Gasteiger partial charge in [0.05, 0.1) is 10.0 Å². The summed E-state index contributed by atoms with van der Waals surface area (Å²) in [6, 6.07) is 4.17. The van der Waals surface area contributed by atoms with Gasteiger partial charge in [-0.25, -0.2) is 4.79 Å². The van der Waals surface area contributed by atoms with Crippen molar-refractivity contribution in [3.8, 4) is 5.75 Å². The van der Waals surface area contributed by atoms with E-state index < -0.39 is 23.8 Å². The van der Waals surface area contributed by atoms with Gasteiger partial charge in [0.1, 0.15) is 5.75 Å². The summed E-state index contributed by atoms with van der Waals surface area (Å²) in [6.45, 7) is 1.22. The lowest BCUT2D eigenvalue weighted by Gasteiger charge is -2.13. The molecule has 2 rings (SSSR count). The third kappa shape index (κ3) is 3.46. The minimum Gasteiger partial charge on any atom is -0.425 e. The van der Waals surface area contributed by atoms with E-state index in [2.05, 4.69) is 15.9 Å². The van der Waals surface area contributed by atoms with Gasteiger partial charge in [-0.15, -0.1) is 5.06 Å². The first-order valence-corrected chi connectivity index (χ1v) is 6.74. The molecule has 1 heterocycles. The molecule has 0 N–H and O–H groups in total. The van der Waals surface area contributed by atoms with E-state index in [-0.39, 0.29) is 24.2 Å². The lowest BCUT2D eigenvalue weighted by Crippen LogP contribution is -2.32. The van der Waals surface area contributed by atoms with Crippen molar-refractivity contribution in [3.05, 3.63) is 28.2 Å². The monoisotopic (exact) mass is 355 g/mol. The molecule has 8 heteroatoms. The highest BCUT2D eigenvalue weighted by Crippen LogP contribution is 2.27. The number of hydrogen-bond donors (Lipinski definition) is 0. The Morgan fingerprint density at radius 1 is 1.19 bits per heavy atom. The number of benzene rings is 1. The molecule has 0 saturated carbocycles. The average molecular weight is 356 g/mol. The molecular weight excluding hydrogens is 346 g/mol. The van der Waals surface area contributed by atoms with E-state index in [9.17, 15) is 19.2 Å². The molecule has 2 amide bonds. The van der Waals surface area contributed by atoms with Gasteiger partial charge in [-0.1, -0.05) is 0 Å². The Morgan fingerprint density at radius 2 is 1.81 bits per heavy atom. The Bertz CT molecular complexity index is 626. The van der Waals surface area contributed by atoms with Gasteiger partial charge in [-0.2, -0.15) is 0 Å². The minimum absolute atomic E-state index is 0.0190. The Balaban J connectivity index is 2.17. The van der Waals surface area contributed by atoms with Crippen molar-refractivity contribution < 1.29 is 28.8 Å². The Morgan fingerprint density at radius 3 is 2.38 bits per heavy atom. The van der Waals surface area contributed by atoms with Gasteiger partial charge in [-0.3, -0.25) is 14.4 Å². The molecule has 1 aliphatic rings. The van der Waals surface area contributed by atoms with Crippen LogP contribution in [0.25, 0.3) is 0 Å². The van der Waals surface area contributed by atoms with Crippen LogP contribution in [0.2, 0.25) is 0 Å². The van der Waals surface area contributed by atoms with Gasteiger partial charge < -0.3 is 9.57 Å². The summed E-state index contributed by atoms with van der Waals surface area (Å²) < 4.78 is 5.38. The lowest BCUT2D eigenvalue weighted by molar-refractivity contribution is -0.172. The van der Waals surface area contributed by atoms with Crippen molar-refractivity contribution in [2.75, 3.05) is 0 Å². The molecule has 1 fully saturated rings. The second-order valence-corrected chi connectivity index (χ2v) is 5.05. The summed E-state index contributed by atoms with van der Waals surface area (Å²) >= 11 is 3.17. The van der Waals surface area contributed by atoms with Crippen LogP contribution in [0.15, 0.2) is 22.7 Å². The zero-order chi connectivity index (χ0) is 15.6. The van der Waals surface area contributed by atoms with Crippen molar-refractivity contribution in [2.45, 2.75) is 19.8 Å². The molecule has 7 nitrogen and oxygen atoms in total. The van der Waals surface area contributed by atoms with Crippen LogP contribution in [0.3, 0.4) is 0 Å². The maximum Gasteiger partial charge on any atom is 0.364 e. The maximum absolute atomic E-state index is 11.9. The first-order chi connectivity index (χ1) is 9.88. The van der Waals surface area contributed by atoms with Gasteiger partial charge in [0, 0.05) is 19.8 Å². The third-order valence-corrected chi connectivity index (χ3v) is 3.26. The van der Waals surface area contributed by atoms with Crippen molar-refractivity contribution in [1.29, 1.82) is 0 Å². The molecule has 0 radical (unpaired) electrons. The number of nitrogens with zero attached hydrogens (tertiary/aromatic N) is 1. The number of halogens is 1. The van der Waals surface area contributed by atoms with Gasteiger partial charge in [0.2, 0.25) is 0 Å². The molecule has 1 aliphatic heterocycles. The van der Waals surface area contributed by atoms with Gasteiger partial charge in [0.15, 0.2) is 0 Å². The SMILES string of the molecule is CC(=O)Oc1cc(C(=O)ON2C(=O)CCC2=O)ccc1Br. The van der Waals surface area contributed by atoms with Crippen molar-refractivity contribution in [2.24, 2.45) is 0 Å². The van der Waals surface area contributed by atoms with Crippen molar-refractivity contribution >= 4 is 39.7 Å². The molecule has 110 valence electrons. The zero-order valence-electron chi connectivity index (χ0n) is 10.9. The van der Waals surface area contributed by atoms with Gasteiger partial charge >= 0.3 is 11.9 Å². The summed E-state index contributed by atoms with van der Waals surface area (Å²) in [5.41, 5.74) is 0.0435. The fraction of sp³-hybridized carbons (Fsp3) is 0.231. The lowest BCUT2D eigenvalue weighted by atomic mass is 10.2. The van der Waals surface area contributed by atoms with Crippen LogP contribution in [-0.4, -0.2) is 28.8 Å². The third-order valence-electron chi connectivity index (χ3n) is 2.60. The van der Waals surface area contributed by atoms with E-state index in [0.29, 0.717) is 9.54 Å². The molecule has 0 aliphatic carbocycles. The van der Waals surface area contributed by atoms with Crippen LogP contribution >= 0.6 is 15.9 Å². The summed E-state index contributed by atoms with van der Waals surface area (Å²) in [5.74, 6) is -2.43. The molecule has 1 aromatic carbocycles. The Kier molecular flexibility index (Phi) is 4.37. The van der Waals surface area contributed by atoms with E-state index >= 15 is 0 Å². The first kappa shape index (κ1) is 15.2. The fourth-order valence-corrected chi connectivity index (χ4v) is 1.98. The number of ether oxygens (including phenoxy) is 1. The molecule has 0 aromatic heterocycles. The second kappa shape index (κ2) is 6.04. The van der Waals surface area contributed by atoms with E-state index in [0.717, 1.165) is 0 Å². The number of carbonyl (C=O) groups is 4. The highest BCUT2D eigenvalue weighted by Gasteiger charge is 2.33. The number of rotatable bonds is 3. The standard InChI is InChI=1S/C13H10BrNO6/c1-7(16)20-10-6-8(2-3-9(10)14)13(19)21-15-11(17)4-5-12(15)18/h2-3,6H,4-5H2,1H3. The molecular formula is C13H10BrNO6. The number of hydroxylamine groups is 2. The van der Waals surface area contributed by atoms with Gasteiger partial charge in [0.25, 0.3) is 11.8 Å². The normalized spacial score (nSPS) is 14.3. The van der Waals surface area contributed by atoms with E-state index in [1.54, 1.807) is 0 Å². The van der Waals surface area contributed by atoms with Crippen LogP contribution in [-0.2, 0) is 19.2 Å². The molecule has 21 heavy (non-hydrogen) atoms. The van der Waals surface area contributed by atoms with Gasteiger partial charge in [-0.05, 0) is 34.1 Å². The fourth-order valence-electron chi connectivity index (χ4n) is 1.66. The van der Waals surface area contributed by atoms with Crippen LogP contribution in [0.5, 0.6) is 5.75 Å². The molecule has 0 unspecified atom stereocenters. The first-order valence-electron chi connectivity index (χ1n) is 5.94. The highest BCUT2D eigenvalue weighted by atomic mass is 79.9. The van der Waals surface area contributed by atoms with E-state index in [1.807, 2.05) is 0 Å². The number of carbonyl (C=O) groups excluding carboxylic acids is 4. The zero-order valence-corrected chi connectivity index (χ0v) is 12.5. The number of esters is 1. The summed E-state index contributed by atoms with van der Waals surface area (Å²) in [7, 11) is 0. The summed E-state index contributed by atoms with van der Waals surface area (Å²) in [6.07, 6.45) is 0.0380. The Hall–Kier alpha value is -2.22. The topological polar surface area (TPSA) is 90.0 Å². The Labute approximate surface area is 127 Å². The van der Waals surface area contributed by atoms with Crippen molar-refractivity contribution in [3.63, 3.8) is 0 Å². The van der Waals surface area contributed by atoms with Crippen LogP contribution in [0, 0.1) is 0 Å². The second-order valence-electron chi connectivity index (χ2n) is 4.20. The smallest absolute Gasteiger partial charge is 0.364 e. The molecule has 0 bridgehead atoms. The minimum atomic E-state index is -0.889. The van der Waals surface area contributed by atoms with Crippen LogP contribution < -0.4 is 4.74 Å². The quantitative estimate of drug-likeness (QED) is 0.464. The molecule has 1 saturated heterocycles. The number of amides is 2. The molecule has 1 aromatic rings. The molecule has 0 spiro atoms.